The van der Waals surface area contributed by atoms with E-state index in [1.165, 1.54) is 12.8 Å². The monoisotopic (exact) mass is 214 g/mol. The third-order valence-electron chi connectivity index (χ3n) is 2.49. The van der Waals surface area contributed by atoms with Gasteiger partial charge in [0.05, 0.1) is 6.61 Å². The number of carbonyl (C=O) groups is 1. The van der Waals surface area contributed by atoms with E-state index < -0.39 is 0 Å². The molecule has 0 atom stereocenters. The van der Waals surface area contributed by atoms with Crippen LogP contribution in [0.2, 0.25) is 0 Å². The molecule has 1 rings (SSSR count). The molecule has 0 aromatic carbocycles. The molecule has 1 fully saturated rings. The molecule has 0 heterocycles. The number of nitrogens with one attached hydrogen (secondary N) is 1. The van der Waals surface area contributed by atoms with Crippen LogP contribution in [-0.4, -0.2) is 51.2 Å². The molecule has 1 N–H and O–H groups in total. The highest BCUT2D eigenvalue weighted by atomic mass is 16.5. The lowest BCUT2D eigenvalue weighted by Crippen LogP contribution is -2.28. The molecule has 0 radical (unpaired) electrons. The molecular weight excluding hydrogens is 192 g/mol. The summed E-state index contributed by atoms with van der Waals surface area (Å²) in [5.74, 6) is 1.00. The van der Waals surface area contributed by atoms with E-state index in [1.54, 1.807) is 19.0 Å². The van der Waals surface area contributed by atoms with Crippen LogP contribution in [0.3, 0.4) is 0 Å². The Morgan fingerprint density at radius 1 is 1.40 bits per heavy atom. The maximum atomic E-state index is 11.2. The minimum Gasteiger partial charge on any atom is -0.380 e. The molecule has 1 saturated carbocycles. The van der Waals surface area contributed by atoms with Crippen molar-refractivity contribution >= 4 is 5.91 Å². The van der Waals surface area contributed by atoms with Crippen molar-refractivity contribution in [3.8, 4) is 0 Å². The first-order chi connectivity index (χ1) is 7.20. The molecule has 88 valence electrons. The number of ether oxygens (including phenoxy) is 1. The maximum Gasteiger partial charge on any atom is 0.223 e. The van der Waals surface area contributed by atoms with Gasteiger partial charge in [-0.3, -0.25) is 4.79 Å². The first-order valence-corrected chi connectivity index (χ1v) is 5.68. The smallest absolute Gasteiger partial charge is 0.223 e. The number of hydrogen-bond donors (Lipinski definition) is 1. The van der Waals surface area contributed by atoms with Crippen LogP contribution in [0.5, 0.6) is 0 Å². The minimum atomic E-state index is 0.168. The Morgan fingerprint density at radius 3 is 2.73 bits per heavy atom. The first kappa shape index (κ1) is 12.5. The lowest BCUT2D eigenvalue weighted by Gasteiger charge is -2.10. The van der Waals surface area contributed by atoms with Gasteiger partial charge in [0.15, 0.2) is 0 Å². The summed E-state index contributed by atoms with van der Waals surface area (Å²) in [6, 6.07) is 0. The van der Waals surface area contributed by atoms with E-state index >= 15 is 0 Å². The summed E-state index contributed by atoms with van der Waals surface area (Å²) in [4.78, 5) is 12.8. The molecule has 1 aliphatic carbocycles. The Bertz CT molecular complexity index is 191. The molecule has 4 nitrogen and oxygen atoms in total. The Kier molecular flexibility index (Phi) is 5.65. The van der Waals surface area contributed by atoms with Crippen molar-refractivity contribution in [2.45, 2.75) is 19.3 Å². The van der Waals surface area contributed by atoms with Crippen LogP contribution in [0.4, 0.5) is 0 Å². The second kappa shape index (κ2) is 6.80. The van der Waals surface area contributed by atoms with Crippen LogP contribution in [0, 0.1) is 5.92 Å². The third kappa shape index (κ3) is 6.47. The standard InChI is InChI=1S/C11H22N2O2/c1-13(2)11(14)5-6-12-7-8-15-9-10-3-4-10/h10,12H,3-9H2,1-2H3. The molecule has 0 aromatic rings. The Hall–Kier alpha value is -0.610. The largest absolute Gasteiger partial charge is 0.380 e. The minimum absolute atomic E-state index is 0.168. The van der Waals surface area contributed by atoms with Crippen molar-refractivity contribution in [1.29, 1.82) is 0 Å². The number of rotatable bonds is 8. The topological polar surface area (TPSA) is 41.6 Å². The SMILES string of the molecule is CN(C)C(=O)CCNCCOCC1CC1. The second-order valence-corrected chi connectivity index (χ2v) is 4.31. The molecule has 15 heavy (non-hydrogen) atoms. The van der Waals surface area contributed by atoms with Crippen molar-refractivity contribution in [2.75, 3.05) is 40.4 Å². The summed E-state index contributed by atoms with van der Waals surface area (Å²) in [5.41, 5.74) is 0. The third-order valence-corrected chi connectivity index (χ3v) is 2.49. The highest BCUT2D eigenvalue weighted by Crippen LogP contribution is 2.28. The predicted octanol–water partition coefficient (Wildman–Crippen LogP) is 0.481. The summed E-state index contributed by atoms with van der Waals surface area (Å²) < 4.78 is 5.45. The summed E-state index contributed by atoms with van der Waals surface area (Å²) in [6.45, 7) is 3.25. The van der Waals surface area contributed by atoms with Gasteiger partial charge >= 0.3 is 0 Å². The second-order valence-electron chi connectivity index (χ2n) is 4.31. The first-order valence-electron chi connectivity index (χ1n) is 5.68. The van der Waals surface area contributed by atoms with E-state index in [0.29, 0.717) is 6.42 Å². The fourth-order valence-electron chi connectivity index (χ4n) is 1.22. The van der Waals surface area contributed by atoms with Crippen LogP contribution >= 0.6 is 0 Å². The highest BCUT2D eigenvalue weighted by Gasteiger charge is 2.20. The molecular formula is C11H22N2O2. The zero-order chi connectivity index (χ0) is 11.1. The van der Waals surface area contributed by atoms with Crippen LogP contribution < -0.4 is 5.32 Å². The van der Waals surface area contributed by atoms with Gasteiger partial charge in [-0.2, -0.15) is 0 Å². The molecule has 0 aromatic heterocycles. The summed E-state index contributed by atoms with van der Waals surface area (Å²) >= 11 is 0. The predicted molar refractivity (Wildman–Crippen MR) is 59.7 cm³/mol. The fourth-order valence-corrected chi connectivity index (χ4v) is 1.22. The number of carbonyl (C=O) groups excluding carboxylic acids is 1. The average molecular weight is 214 g/mol. The van der Waals surface area contributed by atoms with Crippen molar-refractivity contribution in [3.05, 3.63) is 0 Å². The molecule has 1 amide bonds. The van der Waals surface area contributed by atoms with Gasteiger partial charge in [-0.15, -0.1) is 0 Å². The molecule has 0 spiro atoms. The van der Waals surface area contributed by atoms with Crippen molar-refractivity contribution in [3.63, 3.8) is 0 Å². The van der Waals surface area contributed by atoms with Crippen molar-refractivity contribution in [2.24, 2.45) is 5.92 Å². The Morgan fingerprint density at radius 2 is 2.13 bits per heavy atom. The zero-order valence-electron chi connectivity index (χ0n) is 9.79. The van der Waals surface area contributed by atoms with Crippen LogP contribution in [-0.2, 0) is 9.53 Å². The molecule has 4 heteroatoms. The summed E-state index contributed by atoms with van der Waals surface area (Å²) in [5, 5.41) is 3.19. The van der Waals surface area contributed by atoms with Crippen LogP contribution in [0.1, 0.15) is 19.3 Å². The van der Waals surface area contributed by atoms with Crippen LogP contribution in [0.15, 0.2) is 0 Å². The fraction of sp³-hybridized carbons (Fsp3) is 0.909. The van der Waals surface area contributed by atoms with Gasteiger partial charge in [-0.05, 0) is 18.8 Å². The van der Waals surface area contributed by atoms with Gasteiger partial charge < -0.3 is 15.0 Å². The molecule has 0 unspecified atom stereocenters. The summed E-state index contributed by atoms with van der Waals surface area (Å²) in [6.07, 6.45) is 3.24. The summed E-state index contributed by atoms with van der Waals surface area (Å²) in [7, 11) is 3.56. The van der Waals surface area contributed by atoms with Crippen LogP contribution in [0.25, 0.3) is 0 Å². The highest BCUT2D eigenvalue weighted by molar-refractivity contribution is 5.75. The van der Waals surface area contributed by atoms with E-state index in [4.69, 9.17) is 4.74 Å². The van der Waals surface area contributed by atoms with Crippen molar-refractivity contribution < 1.29 is 9.53 Å². The normalized spacial score (nSPS) is 15.3. The van der Waals surface area contributed by atoms with Gasteiger partial charge in [0.1, 0.15) is 0 Å². The zero-order valence-corrected chi connectivity index (χ0v) is 9.79. The number of hydrogen-bond acceptors (Lipinski definition) is 3. The van der Waals surface area contributed by atoms with Gasteiger partial charge in [0.2, 0.25) is 5.91 Å². The van der Waals surface area contributed by atoms with Gasteiger partial charge in [-0.1, -0.05) is 0 Å². The molecule has 0 bridgehead atoms. The van der Waals surface area contributed by atoms with Crippen molar-refractivity contribution in [1.82, 2.24) is 10.2 Å². The Balaban J connectivity index is 1.77. The van der Waals surface area contributed by atoms with E-state index in [9.17, 15) is 4.79 Å². The van der Waals surface area contributed by atoms with E-state index in [2.05, 4.69) is 5.32 Å². The maximum absolute atomic E-state index is 11.2. The number of nitrogens with zero attached hydrogens (tertiary/aromatic N) is 1. The molecule has 0 aliphatic heterocycles. The van der Waals surface area contributed by atoms with E-state index in [-0.39, 0.29) is 5.91 Å². The van der Waals surface area contributed by atoms with Gasteiger partial charge in [-0.25, -0.2) is 0 Å². The average Bonchev–Trinajstić information content (AvgIpc) is 2.99. The number of amides is 1. The lowest BCUT2D eigenvalue weighted by atomic mass is 10.4. The lowest BCUT2D eigenvalue weighted by molar-refractivity contribution is -0.128. The van der Waals surface area contributed by atoms with E-state index in [0.717, 1.165) is 32.2 Å². The quantitative estimate of drug-likeness (QED) is 0.598. The molecule has 0 saturated heterocycles. The van der Waals surface area contributed by atoms with Gasteiger partial charge in [0.25, 0.3) is 0 Å². The Labute approximate surface area is 92.0 Å². The molecule has 1 aliphatic rings. The van der Waals surface area contributed by atoms with E-state index in [1.807, 2.05) is 0 Å². The van der Waals surface area contributed by atoms with Gasteiger partial charge in [0, 0.05) is 40.2 Å².